The lowest BCUT2D eigenvalue weighted by Crippen LogP contribution is -2.37. The quantitative estimate of drug-likeness (QED) is 0.626. The molecule has 0 saturated heterocycles. The molecule has 1 fully saturated rings. The van der Waals surface area contributed by atoms with Crippen molar-refractivity contribution in [3.05, 3.63) is 0 Å². The fourth-order valence-corrected chi connectivity index (χ4v) is 2.17. The van der Waals surface area contributed by atoms with Crippen LogP contribution in [-0.2, 0) is 0 Å². The molecule has 0 aromatic carbocycles. The number of hydrogen-bond acceptors (Lipinski definition) is 3. The molecule has 0 unspecified atom stereocenters. The van der Waals surface area contributed by atoms with Crippen molar-refractivity contribution < 1.29 is 0 Å². The zero-order valence-corrected chi connectivity index (χ0v) is 11.6. The predicted octanol–water partition coefficient (Wildman–Crippen LogP) is 2.39. The first-order valence-electron chi connectivity index (χ1n) is 6.91. The first-order chi connectivity index (χ1) is 8.09. The number of rotatable bonds is 9. The molecule has 3 heteroatoms. The summed E-state index contributed by atoms with van der Waals surface area (Å²) in [4.78, 5) is 2.56. The molecule has 1 saturated carbocycles. The van der Waals surface area contributed by atoms with E-state index < -0.39 is 0 Å². The van der Waals surface area contributed by atoms with Crippen LogP contribution in [0.15, 0.2) is 0 Å². The van der Waals surface area contributed by atoms with Gasteiger partial charge in [0.2, 0.25) is 0 Å². The van der Waals surface area contributed by atoms with E-state index in [-0.39, 0.29) is 5.41 Å². The fraction of sp³-hybridized carbons (Fsp3) is 0.929. The number of nitriles is 1. The number of nitrogens with zero attached hydrogens (tertiary/aromatic N) is 2. The molecule has 0 aromatic heterocycles. The second-order valence-electron chi connectivity index (χ2n) is 5.86. The van der Waals surface area contributed by atoms with Crippen molar-refractivity contribution in [1.82, 2.24) is 10.2 Å². The van der Waals surface area contributed by atoms with Crippen LogP contribution in [0.5, 0.6) is 0 Å². The number of likely N-dealkylation sites (N-methyl/N-ethyl adjacent to an activating group) is 1. The van der Waals surface area contributed by atoms with E-state index in [4.69, 9.17) is 5.26 Å². The smallest absolute Gasteiger partial charge is 0.0621 e. The van der Waals surface area contributed by atoms with Gasteiger partial charge in [-0.3, -0.25) is 4.90 Å². The van der Waals surface area contributed by atoms with Crippen LogP contribution < -0.4 is 5.32 Å². The first kappa shape index (κ1) is 14.5. The van der Waals surface area contributed by atoms with Crippen LogP contribution in [0.3, 0.4) is 0 Å². The molecule has 1 aliphatic rings. The number of nitrogens with one attached hydrogen (secondary N) is 1. The molecule has 0 aromatic rings. The van der Waals surface area contributed by atoms with Crippen LogP contribution in [0.2, 0.25) is 0 Å². The average Bonchev–Trinajstić information content (AvgIpc) is 3.11. The molecule has 3 nitrogen and oxygen atoms in total. The van der Waals surface area contributed by atoms with Crippen LogP contribution in [0.4, 0.5) is 0 Å². The van der Waals surface area contributed by atoms with Gasteiger partial charge in [-0.25, -0.2) is 0 Å². The van der Waals surface area contributed by atoms with E-state index in [1.165, 1.54) is 19.4 Å². The van der Waals surface area contributed by atoms with E-state index in [9.17, 15) is 0 Å². The number of hydrogen-bond donors (Lipinski definition) is 1. The Labute approximate surface area is 106 Å². The van der Waals surface area contributed by atoms with Crippen molar-refractivity contribution in [3.8, 4) is 6.07 Å². The molecule has 0 radical (unpaired) electrons. The SMILES string of the molecule is CCN(CCNCC(C)(C)CCC#N)C1CC1. The van der Waals surface area contributed by atoms with Gasteiger partial charge in [0, 0.05) is 32.1 Å². The summed E-state index contributed by atoms with van der Waals surface area (Å²) in [7, 11) is 0. The van der Waals surface area contributed by atoms with Gasteiger partial charge in [-0.2, -0.15) is 5.26 Å². The van der Waals surface area contributed by atoms with E-state index in [1.807, 2.05) is 0 Å². The zero-order valence-electron chi connectivity index (χ0n) is 11.6. The van der Waals surface area contributed by atoms with Gasteiger partial charge in [-0.15, -0.1) is 0 Å². The fourth-order valence-electron chi connectivity index (χ4n) is 2.17. The van der Waals surface area contributed by atoms with Gasteiger partial charge in [0.1, 0.15) is 0 Å². The minimum absolute atomic E-state index is 0.242. The molecule has 1 N–H and O–H groups in total. The Morgan fingerprint density at radius 2 is 2.12 bits per heavy atom. The summed E-state index contributed by atoms with van der Waals surface area (Å²) in [5, 5.41) is 12.1. The summed E-state index contributed by atoms with van der Waals surface area (Å²) in [6, 6.07) is 3.10. The third-order valence-electron chi connectivity index (χ3n) is 3.56. The summed E-state index contributed by atoms with van der Waals surface area (Å²) in [5.41, 5.74) is 0.242. The van der Waals surface area contributed by atoms with Gasteiger partial charge in [0.05, 0.1) is 6.07 Å². The maximum absolute atomic E-state index is 8.60. The van der Waals surface area contributed by atoms with Gasteiger partial charge in [-0.05, 0) is 31.2 Å². The lowest BCUT2D eigenvalue weighted by atomic mass is 9.88. The maximum Gasteiger partial charge on any atom is 0.0621 e. The summed E-state index contributed by atoms with van der Waals surface area (Å²) in [5.74, 6) is 0. The van der Waals surface area contributed by atoms with Gasteiger partial charge in [-0.1, -0.05) is 20.8 Å². The van der Waals surface area contributed by atoms with Crippen molar-refractivity contribution in [2.45, 2.75) is 52.5 Å². The molecule has 0 atom stereocenters. The highest BCUT2D eigenvalue weighted by Crippen LogP contribution is 2.26. The van der Waals surface area contributed by atoms with Crippen LogP contribution >= 0.6 is 0 Å². The Morgan fingerprint density at radius 1 is 1.41 bits per heavy atom. The van der Waals surface area contributed by atoms with Crippen molar-refractivity contribution in [2.75, 3.05) is 26.2 Å². The van der Waals surface area contributed by atoms with Gasteiger partial charge >= 0.3 is 0 Å². The molecule has 0 amide bonds. The maximum atomic E-state index is 8.60. The molecule has 0 bridgehead atoms. The highest BCUT2D eigenvalue weighted by atomic mass is 15.2. The Hall–Kier alpha value is -0.590. The van der Waals surface area contributed by atoms with E-state index >= 15 is 0 Å². The minimum Gasteiger partial charge on any atom is -0.315 e. The predicted molar refractivity (Wildman–Crippen MR) is 71.8 cm³/mol. The summed E-state index contributed by atoms with van der Waals surface area (Å²) in [6.45, 7) is 11.1. The van der Waals surface area contributed by atoms with Crippen molar-refractivity contribution >= 4 is 0 Å². The Kier molecular flexibility index (Phi) is 5.94. The van der Waals surface area contributed by atoms with Gasteiger partial charge in [0.15, 0.2) is 0 Å². The minimum atomic E-state index is 0.242. The Balaban J connectivity index is 2.08. The van der Waals surface area contributed by atoms with Gasteiger partial charge < -0.3 is 5.32 Å². The molecule has 17 heavy (non-hydrogen) atoms. The van der Waals surface area contributed by atoms with E-state index in [1.54, 1.807) is 0 Å². The molecule has 0 aliphatic heterocycles. The van der Waals surface area contributed by atoms with Crippen molar-refractivity contribution in [3.63, 3.8) is 0 Å². The molecule has 98 valence electrons. The molecule has 0 heterocycles. The molecule has 0 spiro atoms. The van der Waals surface area contributed by atoms with Crippen molar-refractivity contribution in [2.24, 2.45) is 5.41 Å². The third kappa shape index (κ3) is 6.05. The van der Waals surface area contributed by atoms with Crippen molar-refractivity contribution in [1.29, 1.82) is 5.26 Å². The normalized spacial score (nSPS) is 16.2. The monoisotopic (exact) mass is 237 g/mol. The average molecular weight is 237 g/mol. The highest BCUT2D eigenvalue weighted by Gasteiger charge is 2.27. The van der Waals surface area contributed by atoms with E-state index in [0.717, 1.165) is 32.1 Å². The summed E-state index contributed by atoms with van der Waals surface area (Å²) < 4.78 is 0. The third-order valence-corrected chi connectivity index (χ3v) is 3.56. The topological polar surface area (TPSA) is 39.1 Å². The summed E-state index contributed by atoms with van der Waals surface area (Å²) in [6.07, 6.45) is 4.43. The largest absolute Gasteiger partial charge is 0.315 e. The lowest BCUT2D eigenvalue weighted by molar-refractivity contribution is 0.261. The van der Waals surface area contributed by atoms with E-state index in [2.05, 4.69) is 37.1 Å². The second kappa shape index (κ2) is 6.98. The highest BCUT2D eigenvalue weighted by molar-refractivity contribution is 4.84. The zero-order chi connectivity index (χ0) is 12.7. The lowest BCUT2D eigenvalue weighted by Gasteiger charge is -2.25. The van der Waals surface area contributed by atoms with Crippen LogP contribution in [0.25, 0.3) is 0 Å². The Morgan fingerprint density at radius 3 is 2.65 bits per heavy atom. The first-order valence-corrected chi connectivity index (χ1v) is 6.91. The molecular formula is C14H27N3. The molecule has 1 aliphatic carbocycles. The second-order valence-corrected chi connectivity index (χ2v) is 5.86. The molecular weight excluding hydrogens is 210 g/mol. The van der Waals surface area contributed by atoms with Crippen LogP contribution in [0, 0.1) is 16.7 Å². The van der Waals surface area contributed by atoms with E-state index in [0.29, 0.717) is 6.42 Å². The van der Waals surface area contributed by atoms with Gasteiger partial charge in [0.25, 0.3) is 0 Å². The Bertz CT molecular complexity index is 251. The summed E-state index contributed by atoms with van der Waals surface area (Å²) >= 11 is 0. The molecule has 1 rings (SSSR count). The van der Waals surface area contributed by atoms with Crippen LogP contribution in [0.1, 0.15) is 46.5 Å². The van der Waals surface area contributed by atoms with Crippen LogP contribution in [-0.4, -0.2) is 37.1 Å². The standard InChI is InChI=1S/C14H27N3/c1-4-17(13-6-7-13)11-10-16-12-14(2,3)8-5-9-15/h13,16H,4-8,10-12H2,1-3H3.